The first-order valence-corrected chi connectivity index (χ1v) is 7.03. The maximum atomic E-state index is 11.9. The summed E-state index contributed by atoms with van der Waals surface area (Å²) in [6.07, 6.45) is 4.85. The van der Waals surface area contributed by atoms with Crippen LogP contribution in [0.5, 0.6) is 0 Å². The predicted molar refractivity (Wildman–Crippen MR) is 73.2 cm³/mol. The molecule has 0 heterocycles. The molecule has 0 spiro atoms. The molecule has 1 rings (SSSR count). The van der Waals surface area contributed by atoms with E-state index in [1.165, 1.54) is 6.42 Å². The highest BCUT2D eigenvalue weighted by molar-refractivity contribution is 5.76. The fraction of sp³-hybridized carbons (Fsp3) is 0.929. The highest BCUT2D eigenvalue weighted by Gasteiger charge is 2.37. The largest absolute Gasteiger partial charge is 0.376 e. The molecule has 1 saturated carbocycles. The lowest BCUT2D eigenvalue weighted by molar-refractivity contribution is -0.125. The minimum Gasteiger partial charge on any atom is -0.376 e. The van der Waals surface area contributed by atoms with E-state index in [1.807, 2.05) is 0 Å². The molecule has 4 nitrogen and oxygen atoms in total. The van der Waals surface area contributed by atoms with Crippen molar-refractivity contribution >= 4 is 5.91 Å². The average molecular weight is 256 g/mol. The van der Waals surface area contributed by atoms with Crippen LogP contribution in [0.2, 0.25) is 0 Å². The molecule has 0 aromatic carbocycles. The third-order valence-corrected chi connectivity index (χ3v) is 3.92. The first kappa shape index (κ1) is 15.4. The van der Waals surface area contributed by atoms with Crippen LogP contribution in [0.25, 0.3) is 0 Å². The Morgan fingerprint density at radius 1 is 1.44 bits per heavy atom. The molecule has 0 radical (unpaired) electrons. The normalized spacial score (nSPS) is 19.4. The highest BCUT2D eigenvalue weighted by Crippen LogP contribution is 2.34. The topological polar surface area (TPSA) is 64.3 Å². The van der Waals surface area contributed by atoms with Gasteiger partial charge in [-0.05, 0) is 44.1 Å². The third kappa shape index (κ3) is 4.58. The van der Waals surface area contributed by atoms with Crippen molar-refractivity contribution in [2.45, 2.75) is 51.6 Å². The van der Waals surface area contributed by atoms with E-state index in [1.54, 1.807) is 7.11 Å². The lowest BCUT2D eigenvalue weighted by Crippen LogP contribution is -2.49. The van der Waals surface area contributed by atoms with Gasteiger partial charge in [0.15, 0.2) is 0 Å². The van der Waals surface area contributed by atoms with E-state index < -0.39 is 0 Å². The fourth-order valence-electron chi connectivity index (χ4n) is 2.55. The Balaban J connectivity index is 2.27. The Kier molecular flexibility index (Phi) is 6.09. The van der Waals surface area contributed by atoms with Gasteiger partial charge in [-0.15, -0.1) is 0 Å². The van der Waals surface area contributed by atoms with E-state index >= 15 is 0 Å². The van der Waals surface area contributed by atoms with E-state index in [9.17, 15) is 4.79 Å². The Bertz CT molecular complexity index is 257. The molecule has 18 heavy (non-hydrogen) atoms. The molecule has 0 aromatic rings. The molecule has 1 amide bonds. The maximum Gasteiger partial charge on any atom is 0.220 e. The van der Waals surface area contributed by atoms with E-state index in [-0.39, 0.29) is 11.5 Å². The Hall–Kier alpha value is -0.610. The van der Waals surface area contributed by atoms with Gasteiger partial charge in [-0.3, -0.25) is 4.79 Å². The van der Waals surface area contributed by atoms with Gasteiger partial charge in [-0.2, -0.15) is 0 Å². The molecule has 1 atom stereocenters. The Morgan fingerprint density at radius 2 is 2.11 bits per heavy atom. The van der Waals surface area contributed by atoms with Crippen LogP contribution in [0.3, 0.4) is 0 Å². The predicted octanol–water partition coefficient (Wildman–Crippen LogP) is 1.68. The second-order valence-electron chi connectivity index (χ2n) is 5.95. The maximum absolute atomic E-state index is 11.9. The van der Waals surface area contributed by atoms with Gasteiger partial charge in [0.1, 0.15) is 0 Å². The van der Waals surface area contributed by atoms with Crippen molar-refractivity contribution < 1.29 is 9.53 Å². The summed E-state index contributed by atoms with van der Waals surface area (Å²) >= 11 is 0. The summed E-state index contributed by atoms with van der Waals surface area (Å²) in [6, 6.07) is 0. The number of carbonyl (C=O) groups excluding carboxylic acids is 1. The van der Waals surface area contributed by atoms with Crippen LogP contribution >= 0.6 is 0 Å². The van der Waals surface area contributed by atoms with E-state index in [0.717, 1.165) is 19.3 Å². The Morgan fingerprint density at radius 3 is 2.50 bits per heavy atom. The summed E-state index contributed by atoms with van der Waals surface area (Å²) in [7, 11) is 1.73. The van der Waals surface area contributed by atoms with E-state index in [4.69, 9.17) is 10.5 Å². The van der Waals surface area contributed by atoms with Crippen LogP contribution in [0.15, 0.2) is 0 Å². The number of amides is 1. The summed E-state index contributed by atoms with van der Waals surface area (Å²) < 4.78 is 5.48. The molecule has 1 aliphatic rings. The molecule has 0 aliphatic heterocycles. The van der Waals surface area contributed by atoms with Crippen LogP contribution in [-0.2, 0) is 9.53 Å². The second kappa shape index (κ2) is 7.10. The van der Waals surface area contributed by atoms with Gasteiger partial charge in [0.05, 0.1) is 5.60 Å². The first-order valence-electron chi connectivity index (χ1n) is 7.03. The monoisotopic (exact) mass is 256 g/mol. The number of nitrogens with one attached hydrogen (secondary N) is 1. The smallest absolute Gasteiger partial charge is 0.220 e. The van der Waals surface area contributed by atoms with Crippen molar-refractivity contribution in [2.75, 3.05) is 20.2 Å². The van der Waals surface area contributed by atoms with Crippen LogP contribution in [0, 0.1) is 11.8 Å². The van der Waals surface area contributed by atoms with E-state index in [2.05, 4.69) is 19.2 Å². The minimum absolute atomic E-state index is 0.0913. The molecule has 0 aromatic heterocycles. The molecule has 1 aliphatic carbocycles. The molecule has 4 heteroatoms. The van der Waals surface area contributed by atoms with Gasteiger partial charge in [0.2, 0.25) is 5.91 Å². The zero-order chi connectivity index (χ0) is 13.6. The van der Waals surface area contributed by atoms with Gasteiger partial charge in [-0.1, -0.05) is 13.8 Å². The van der Waals surface area contributed by atoms with Gasteiger partial charge in [0, 0.05) is 20.1 Å². The zero-order valence-electron chi connectivity index (χ0n) is 12.0. The average Bonchev–Trinajstić information content (AvgIpc) is 2.26. The summed E-state index contributed by atoms with van der Waals surface area (Å²) in [4.78, 5) is 11.9. The minimum atomic E-state index is -0.0913. The van der Waals surface area contributed by atoms with Crippen LogP contribution in [0.1, 0.15) is 46.0 Å². The van der Waals surface area contributed by atoms with Gasteiger partial charge >= 0.3 is 0 Å². The number of hydrogen-bond donors (Lipinski definition) is 2. The third-order valence-electron chi connectivity index (χ3n) is 3.92. The first-order chi connectivity index (χ1) is 8.51. The summed E-state index contributed by atoms with van der Waals surface area (Å²) in [6.45, 7) is 5.55. The zero-order valence-corrected chi connectivity index (χ0v) is 12.0. The van der Waals surface area contributed by atoms with Gasteiger partial charge in [0.25, 0.3) is 0 Å². The van der Waals surface area contributed by atoms with Crippen molar-refractivity contribution in [2.24, 2.45) is 17.6 Å². The van der Waals surface area contributed by atoms with Crippen LogP contribution < -0.4 is 11.1 Å². The van der Waals surface area contributed by atoms with Crippen molar-refractivity contribution in [3.8, 4) is 0 Å². The lowest BCUT2D eigenvalue weighted by Gasteiger charge is -2.40. The molecule has 0 saturated heterocycles. The number of nitrogens with two attached hydrogens (primary N) is 1. The van der Waals surface area contributed by atoms with Crippen LogP contribution in [0.4, 0.5) is 0 Å². The van der Waals surface area contributed by atoms with Crippen LogP contribution in [-0.4, -0.2) is 31.7 Å². The number of ether oxygens (including phenoxy) is 1. The van der Waals surface area contributed by atoms with Gasteiger partial charge < -0.3 is 15.8 Å². The summed E-state index contributed by atoms with van der Waals surface area (Å²) in [5.74, 6) is 0.989. The molecular weight excluding hydrogens is 228 g/mol. The highest BCUT2D eigenvalue weighted by atomic mass is 16.5. The standard InChI is InChI=1S/C14H28N2O2/c1-11(2)7-12(9-15)8-13(17)16-10-14(18-3)5-4-6-14/h11-12H,4-10,15H2,1-3H3,(H,16,17). The van der Waals surface area contributed by atoms with Crippen molar-refractivity contribution in [3.05, 3.63) is 0 Å². The summed E-state index contributed by atoms with van der Waals surface area (Å²) in [5, 5.41) is 2.99. The molecular formula is C14H28N2O2. The van der Waals surface area contributed by atoms with Gasteiger partial charge in [-0.25, -0.2) is 0 Å². The van der Waals surface area contributed by atoms with E-state index in [0.29, 0.717) is 31.3 Å². The van der Waals surface area contributed by atoms with Crippen molar-refractivity contribution in [3.63, 3.8) is 0 Å². The van der Waals surface area contributed by atoms with Crippen molar-refractivity contribution in [1.82, 2.24) is 5.32 Å². The molecule has 0 bridgehead atoms. The van der Waals surface area contributed by atoms with Crippen molar-refractivity contribution in [1.29, 1.82) is 0 Å². The molecule has 3 N–H and O–H groups in total. The SMILES string of the molecule is COC1(CNC(=O)CC(CN)CC(C)C)CCC1. The Labute approximate surface area is 111 Å². The second-order valence-corrected chi connectivity index (χ2v) is 5.95. The molecule has 1 unspecified atom stereocenters. The number of carbonyl (C=O) groups is 1. The number of methoxy groups -OCH3 is 1. The lowest BCUT2D eigenvalue weighted by atomic mass is 9.80. The number of hydrogen-bond acceptors (Lipinski definition) is 3. The molecule has 1 fully saturated rings. The number of rotatable bonds is 8. The molecule has 106 valence electrons. The quantitative estimate of drug-likeness (QED) is 0.694. The fourth-order valence-corrected chi connectivity index (χ4v) is 2.55. The summed E-state index contributed by atoms with van der Waals surface area (Å²) in [5.41, 5.74) is 5.62.